The zero-order chi connectivity index (χ0) is 21.6. The van der Waals surface area contributed by atoms with Gasteiger partial charge in [0.2, 0.25) is 5.43 Å². The summed E-state index contributed by atoms with van der Waals surface area (Å²) in [6.07, 6.45) is 8.49. The second-order valence-electron chi connectivity index (χ2n) is 8.17. The van der Waals surface area contributed by atoms with E-state index in [1.807, 2.05) is 13.0 Å². The van der Waals surface area contributed by atoms with Crippen LogP contribution < -0.4 is 10.2 Å². The minimum atomic E-state index is -0.622. The van der Waals surface area contributed by atoms with Crippen molar-refractivity contribution in [3.63, 3.8) is 0 Å². The lowest BCUT2D eigenvalue weighted by molar-refractivity contribution is 0.125. The van der Waals surface area contributed by atoms with Gasteiger partial charge >= 0.3 is 0 Å². The van der Waals surface area contributed by atoms with Crippen molar-refractivity contribution in [3.8, 4) is 23.0 Å². The van der Waals surface area contributed by atoms with Crippen molar-refractivity contribution in [2.45, 2.75) is 45.6 Å². The number of aromatic hydroxyl groups is 3. The van der Waals surface area contributed by atoms with Crippen LogP contribution in [0.1, 0.15) is 45.6 Å². The van der Waals surface area contributed by atoms with E-state index in [9.17, 15) is 20.1 Å². The van der Waals surface area contributed by atoms with Gasteiger partial charge in [-0.05, 0) is 64.3 Å². The van der Waals surface area contributed by atoms with Crippen molar-refractivity contribution in [1.29, 1.82) is 0 Å². The first kappa shape index (κ1) is 19.9. The first-order valence-electron chi connectivity index (χ1n) is 9.89. The molecule has 30 heavy (non-hydrogen) atoms. The molecule has 3 aromatic rings. The highest BCUT2D eigenvalue weighted by Gasteiger charge is 2.30. The molecule has 1 aromatic heterocycles. The summed E-state index contributed by atoms with van der Waals surface area (Å²) in [5.74, 6) is -0.478. The van der Waals surface area contributed by atoms with E-state index in [1.54, 1.807) is 12.1 Å². The van der Waals surface area contributed by atoms with Crippen molar-refractivity contribution in [2.24, 2.45) is 0 Å². The average molecular weight is 408 g/mol. The third kappa shape index (κ3) is 3.28. The summed E-state index contributed by atoms with van der Waals surface area (Å²) in [4.78, 5) is 13.0. The second kappa shape index (κ2) is 7.13. The zero-order valence-corrected chi connectivity index (χ0v) is 17.2. The van der Waals surface area contributed by atoms with Gasteiger partial charge < -0.3 is 24.5 Å². The van der Waals surface area contributed by atoms with E-state index in [0.29, 0.717) is 11.3 Å². The summed E-state index contributed by atoms with van der Waals surface area (Å²) in [7, 11) is 0. The lowest BCUT2D eigenvalue weighted by atomic mass is 9.93. The lowest BCUT2D eigenvalue weighted by Crippen LogP contribution is -2.31. The Labute approximate surface area is 173 Å². The van der Waals surface area contributed by atoms with Crippen LogP contribution in [0.3, 0.4) is 0 Å². The van der Waals surface area contributed by atoms with Gasteiger partial charge in [-0.2, -0.15) is 0 Å². The molecule has 0 fully saturated rings. The summed E-state index contributed by atoms with van der Waals surface area (Å²) in [5, 5.41) is 30.7. The van der Waals surface area contributed by atoms with Gasteiger partial charge in [-0.1, -0.05) is 11.6 Å². The minimum absolute atomic E-state index is 0.0671. The van der Waals surface area contributed by atoms with Crippen LogP contribution in [0, 0.1) is 0 Å². The predicted molar refractivity (Wildman–Crippen MR) is 116 cm³/mol. The van der Waals surface area contributed by atoms with Crippen LogP contribution in [0.15, 0.2) is 45.1 Å². The standard InChI is InChI=1S/C24H24O6/c1-13(2)6-4-5-10-24(3)11-9-14-17(30-24)12-18-20(21(14)27)22(28)19-15(25)7-8-16(26)23(19)29-18/h6-9,11-12,25-27H,4-5,10H2,1-3H3. The van der Waals surface area contributed by atoms with Crippen LogP contribution >= 0.6 is 0 Å². The number of ether oxygens (including phenoxy) is 1. The highest BCUT2D eigenvalue weighted by Crippen LogP contribution is 2.43. The summed E-state index contributed by atoms with van der Waals surface area (Å²) in [6, 6.07) is 4.00. The van der Waals surface area contributed by atoms with Gasteiger partial charge in [0, 0.05) is 6.07 Å². The number of unbranched alkanes of at least 4 members (excludes halogenated alkanes) is 1. The molecule has 1 unspecified atom stereocenters. The number of phenols is 3. The second-order valence-corrected chi connectivity index (χ2v) is 8.17. The molecule has 0 radical (unpaired) electrons. The largest absolute Gasteiger partial charge is 0.507 e. The first-order valence-corrected chi connectivity index (χ1v) is 9.89. The topological polar surface area (TPSA) is 100 Å². The number of fused-ring (bicyclic) bond motifs is 3. The molecule has 156 valence electrons. The highest BCUT2D eigenvalue weighted by atomic mass is 16.5. The Morgan fingerprint density at radius 2 is 1.87 bits per heavy atom. The van der Waals surface area contributed by atoms with E-state index in [0.717, 1.165) is 19.3 Å². The molecule has 2 aromatic carbocycles. The minimum Gasteiger partial charge on any atom is -0.507 e. The number of phenolic OH excluding ortho intramolecular Hbond substituents is 3. The van der Waals surface area contributed by atoms with Crippen LogP contribution in [0.5, 0.6) is 23.0 Å². The maximum Gasteiger partial charge on any atom is 0.208 e. The summed E-state index contributed by atoms with van der Waals surface area (Å²) in [5.41, 5.74) is 0.423. The van der Waals surface area contributed by atoms with E-state index >= 15 is 0 Å². The Hall–Kier alpha value is -3.41. The van der Waals surface area contributed by atoms with Gasteiger partial charge in [0.25, 0.3) is 0 Å². The van der Waals surface area contributed by atoms with E-state index in [4.69, 9.17) is 9.15 Å². The molecule has 1 aliphatic heterocycles. The Balaban J connectivity index is 1.81. The van der Waals surface area contributed by atoms with Gasteiger partial charge in [-0.25, -0.2) is 0 Å². The van der Waals surface area contributed by atoms with Gasteiger partial charge in [0.05, 0.1) is 5.56 Å². The van der Waals surface area contributed by atoms with E-state index < -0.39 is 11.0 Å². The fourth-order valence-electron chi connectivity index (χ4n) is 3.82. The molecule has 0 saturated carbocycles. The molecule has 6 heteroatoms. The third-order valence-corrected chi connectivity index (χ3v) is 5.42. The molecule has 0 spiro atoms. The van der Waals surface area contributed by atoms with Crippen molar-refractivity contribution >= 4 is 28.0 Å². The molecule has 0 amide bonds. The van der Waals surface area contributed by atoms with E-state index in [-0.39, 0.29) is 39.2 Å². The van der Waals surface area contributed by atoms with Crippen molar-refractivity contribution < 1.29 is 24.5 Å². The first-order chi connectivity index (χ1) is 14.2. The lowest BCUT2D eigenvalue weighted by Gasteiger charge is -2.32. The number of rotatable bonds is 4. The van der Waals surface area contributed by atoms with Crippen molar-refractivity contribution in [2.75, 3.05) is 0 Å². The molecular formula is C24H24O6. The molecule has 0 bridgehead atoms. The number of allylic oxidation sites excluding steroid dienone is 2. The molecule has 4 rings (SSSR count). The number of benzene rings is 2. The number of hydrogen-bond acceptors (Lipinski definition) is 6. The molecule has 6 nitrogen and oxygen atoms in total. The Kier molecular flexibility index (Phi) is 4.73. The summed E-state index contributed by atoms with van der Waals surface area (Å²) < 4.78 is 11.9. The fraction of sp³-hybridized carbons (Fsp3) is 0.292. The molecule has 0 aliphatic carbocycles. The van der Waals surface area contributed by atoms with Crippen LogP contribution in [-0.2, 0) is 0 Å². The SMILES string of the molecule is CC(C)=CCCCC1(C)C=Cc2c(cc3oc4c(O)ccc(O)c4c(=O)c3c2O)O1. The maximum atomic E-state index is 13.0. The fourth-order valence-corrected chi connectivity index (χ4v) is 3.82. The summed E-state index contributed by atoms with van der Waals surface area (Å²) >= 11 is 0. The monoisotopic (exact) mass is 408 g/mol. The Morgan fingerprint density at radius 1 is 1.13 bits per heavy atom. The molecule has 1 aliphatic rings. The quantitative estimate of drug-likeness (QED) is 0.232. The van der Waals surface area contributed by atoms with Gasteiger partial charge in [0.15, 0.2) is 11.3 Å². The van der Waals surface area contributed by atoms with E-state index in [1.165, 1.54) is 17.7 Å². The van der Waals surface area contributed by atoms with Crippen LogP contribution in [0.4, 0.5) is 0 Å². The molecule has 3 N–H and O–H groups in total. The van der Waals surface area contributed by atoms with Crippen molar-refractivity contribution in [3.05, 3.63) is 51.7 Å². The number of hydrogen-bond donors (Lipinski definition) is 3. The Bertz CT molecular complexity index is 1280. The van der Waals surface area contributed by atoms with Crippen LogP contribution in [0.25, 0.3) is 28.0 Å². The molecular weight excluding hydrogens is 384 g/mol. The highest BCUT2D eigenvalue weighted by molar-refractivity contribution is 6.00. The third-order valence-electron chi connectivity index (χ3n) is 5.42. The van der Waals surface area contributed by atoms with Crippen LogP contribution in [0.2, 0.25) is 0 Å². The molecule has 2 heterocycles. The summed E-state index contributed by atoms with van der Waals surface area (Å²) in [6.45, 7) is 6.10. The van der Waals surface area contributed by atoms with Gasteiger partial charge in [-0.15, -0.1) is 0 Å². The van der Waals surface area contributed by atoms with Crippen molar-refractivity contribution in [1.82, 2.24) is 0 Å². The van der Waals surface area contributed by atoms with E-state index in [2.05, 4.69) is 19.9 Å². The maximum absolute atomic E-state index is 13.0. The average Bonchev–Trinajstić information content (AvgIpc) is 2.67. The van der Waals surface area contributed by atoms with Gasteiger partial charge in [0.1, 0.15) is 39.2 Å². The molecule has 1 atom stereocenters. The van der Waals surface area contributed by atoms with Gasteiger partial charge in [-0.3, -0.25) is 4.79 Å². The Morgan fingerprint density at radius 3 is 2.60 bits per heavy atom. The molecule has 0 saturated heterocycles. The zero-order valence-electron chi connectivity index (χ0n) is 17.2. The normalized spacial score (nSPS) is 17.7. The predicted octanol–water partition coefficient (Wildman–Crippen LogP) is 5.36. The van der Waals surface area contributed by atoms with Crippen LogP contribution in [-0.4, -0.2) is 20.9 Å². The smallest absolute Gasteiger partial charge is 0.208 e.